The van der Waals surface area contributed by atoms with E-state index in [1.807, 2.05) is 7.05 Å². The Morgan fingerprint density at radius 2 is 2.54 bits per heavy atom. The highest BCUT2D eigenvalue weighted by Crippen LogP contribution is 2.18. The van der Waals surface area contributed by atoms with E-state index in [0.717, 1.165) is 0 Å². The van der Waals surface area contributed by atoms with Crippen LogP contribution in [0.1, 0.15) is 23.3 Å². The molecule has 1 aromatic heterocycles. The molecule has 13 heavy (non-hydrogen) atoms. The molecule has 2 rings (SSSR count). The lowest BCUT2D eigenvalue weighted by molar-refractivity contribution is 0.0985. The predicted octanol–water partition coefficient (Wildman–Crippen LogP) is 0.355. The second-order valence-electron chi connectivity index (χ2n) is 3.45. The summed E-state index contributed by atoms with van der Waals surface area (Å²) >= 11 is 0. The number of nitrogens with one attached hydrogen (secondary N) is 1. The normalized spacial score (nSPS) is 16.1. The second kappa shape index (κ2) is 3.30. The van der Waals surface area contributed by atoms with E-state index in [2.05, 4.69) is 10.4 Å². The van der Waals surface area contributed by atoms with E-state index in [-0.39, 0.29) is 5.78 Å². The van der Waals surface area contributed by atoms with Gasteiger partial charge in [0.25, 0.3) is 0 Å². The molecule has 0 spiro atoms. The highest BCUT2D eigenvalue weighted by molar-refractivity contribution is 5.95. The molecule has 0 aliphatic heterocycles. The van der Waals surface area contributed by atoms with Gasteiger partial charge in [0.15, 0.2) is 5.78 Å². The number of hydrogen-bond donors (Lipinski definition) is 1. The minimum absolute atomic E-state index is 0.0764. The summed E-state index contributed by atoms with van der Waals surface area (Å²) in [5.74, 6) is 0.0764. The molecule has 1 aromatic rings. The minimum atomic E-state index is 0.0764. The van der Waals surface area contributed by atoms with Crippen LogP contribution in [0.2, 0.25) is 0 Å². The molecule has 0 amide bonds. The summed E-state index contributed by atoms with van der Waals surface area (Å²) in [4.78, 5) is 11.5. The van der Waals surface area contributed by atoms with Gasteiger partial charge >= 0.3 is 0 Å². The molecule has 1 heterocycles. The van der Waals surface area contributed by atoms with Crippen LogP contribution in [0.4, 0.5) is 0 Å². The Labute approximate surface area is 76.9 Å². The van der Waals surface area contributed by atoms with Crippen molar-refractivity contribution in [2.45, 2.75) is 18.9 Å². The summed E-state index contributed by atoms with van der Waals surface area (Å²) in [6.45, 7) is 0.418. The van der Waals surface area contributed by atoms with E-state index >= 15 is 0 Å². The van der Waals surface area contributed by atoms with Gasteiger partial charge in [-0.3, -0.25) is 9.48 Å². The van der Waals surface area contributed by atoms with E-state index in [0.29, 0.717) is 18.3 Å². The summed E-state index contributed by atoms with van der Waals surface area (Å²) in [7, 11) is 1.81. The fourth-order valence-electron chi connectivity index (χ4n) is 1.18. The van der Waals surface area contributed by atoms with Crippen LogP contribution >= 0.6 is 0 Å². The first kappa shape index (κ1) is 8.44. The SMILES string of the molecule is Cn1ccc(C(=O)CNC2CC2)n1. The molecule has 1 aliphatic carbocycles. The number of aryl methyl sites for hydroxylation is 1. The summed E-state index contributed by atoms with van der Waals surface area (Å²) in [6, 6.07) is 2.32. The van der Waals surface area contributed by atoms with Crippen molar-refractivity contribution < 1.29 is 4.79 Å². The summed E-state index contributed by atoms with van der Waals surface area (Å²) in [5, 5.41) is 7.20. The van der Waals surface area contributed by atoms with Crippen molar-refractivity contribution in [3.05, 3.63) is 18.0 Å². The monoisotopic (exact) mass is 179 g/mol. The van der Waals surface area contributed by atoms with Gasteiger partial charge in [-0.25, -0.2) is 0 Å². The molecule has 70 valence electrons. The Bertz CT molecular complexity index is 314. The zero-order valence-corrected chi connectivity index (χ0v) is 7.66. The van der Waals surface area contributed by atoms with Crippen LogP contribution in [-0.4, -0.2) is 28.2 Å². The molecule has 0 radical (unpaired) electrons. The van der Waals surface area contributed by atoms with Crippen LogP contribution in [0.15, 0.2) is 12.3 Å². The lowest BCUT2D eigenvalue weighted by Crippen LogP contribution is -2.25. The maximum Gasteiger partial charge on any atom is 0.196 e. The number of carbonyl (C=O) groups is 1. The van der Waals surface area contributed by atoms with Crippen LogP contribution in [0.3, 0.4) is 0 Å². The fourth-order valence-corrected chi connectivity index (χ4v) is 1.18. The van der Waals surface area contributed by atoms with Gasteiger partial charge in [0, 0.05) is 19.3 Å². The van der Waals surface area contributed by atoms with Crippen LogP contribution < -0.4 is 5.32 Å². The molecule has 0 unspecified atom stereocenters. The number of aromatic nitrogens is 2. The van der Waals surface area contributed by atoms with Crippen molar-refractivity contribution >= 4 is 5.78 Å². The van der Waals surface area contributed by atoms with Crippen LogP contribution in [0.25, 0.3) is 0 Å². The summed E-state index contributed by atoms with van der Waals surface area (Å²) in [5.41, 5.74) is 0.552. The van der Waals surface area contributed by atoms with Gasteiger partial charge in [0.2, 0.25) is 0 Å². The molecule has 1 aliphatic rings. The average Bonchev–Trinajstić information content (AvgIpc) is 2.84. The maximum absolute atomic E-state index is 11.5. The molecular formula is C9H13N3O. The Morgan fingerprint density at radius 3 is 3.08 bits per heavy atom. The zero-order chi connectivity index (χ0) is 9.26. The van der Waals surface area contributed by atoms with Crippen molar-refractivity contribution in [3.8, 4) is 0 Å². The first-order valence-electron chi connectivity index (χ1n) is 4.52. The third-order valence-corrected chi connectivity index (χ3v) is 2.13. The zero-order valence-electron chi connectivity index (χ0n) is 7.66. The molecule has 0 atom stereocenters. The standard InChI is InChI=1S/C9H13N3O/c1-12-5-4-8(11-12)9(13)6-10-7-2-3-7/h4-5,7,10H,2-3,6H2,1H3. The highest BCUT2D eigenvalue weighted by Gasteiger charge is 2.21. The van der Waals surface area contributed by atoms with Gasteiger partial charge < -0.3 is 5.32 Å². The van der Waals surface area contributed by atoms with Crippen molar-refractivity contribution in [2.75, 3.05) is 6.54 Å². The van der Waals surface area contributed by atoms with Crippen molar-refractivity contribution in [3.63, 3.8) is 0 Å². The summed E-state index contributed by atoms with van der Waals surface area (Å²) < 4.78 is 1.64. The van der Waals surface area contributed by atoms with E-state index in [9.17, 15) is 4.79 Å². The Balaban J connectivity index is 1.88. The third-order valence-electron chi connectivity index (χ3n) is 2.13. The minimum Gasteiger partial charge on any atom is -0.307 e. The molecule has 4 heteroatoms. The smallest absolute Gasteiger partial charge is 0.196 e. The van der Waals surface area contributed by atoms with E-state index in [1.54, 1.807) is 16.9 Å². The van der Waals surface area contributed by atoms with E-state index in [4.69, 9.17) is 0 Å². The number of hydrogen-bond acceptors (Lipinski definition) is 3. The molecule has 0 saturated heterocycles. The van der Waals surface area contributed by atoms with Crippen molar-refractivity contribution in [1.82, 2.24) is 15.1 Å². The average molecular weight is 179 g/mol. The highest BCUT2D eigenvalue weighted by atomic mass is 16.1. The molecular weight excluding hydrogens is 166 g/mol. The second-order valence-corrected chi connectivity index (χ2v) is 3.45. The van der Waals surface area contributed by atoms with Crippen molar-refractivity contribution in [1.29, 1.82) is 0 Å². The molecule has 1 fully saturated rings. The van der Waals surface area contributed by atoms with Crippen molar-refractivity contribution in [2.24, 2.45) is 7.05 Å². The van der Waals surface area contributed by atoms with Gasteiger partial charge in [-0.15, -0.1) is 0 Å². The number of nitrogens with zero attached hydrogens (tertiary/aromatic N) is 2. The maximum atomic E-state index is 11.5. The first-order chi connectivity index (χ1) is 6.25. The van der Waals surface area contributed by atoms with E-state index in [1.165, 1.54) is 12.8 Å². The number of Topliss-reactive ketones (excluding diaryl/α,β-unsaturated/α-hetero) is 1. The van der Waals surface area contributed by atoms with Gasteiger partial charge in [-0.05, 0) is 18.9 Å². The topological polar surface area (TPSA) is 46.9 Å². The molecule has 0 aromatic carbocycles. The first-order valence-corrected chi connectivity index (χ1v) is 4.52. The number of carbonyl (C=O) groups excluding carboxylic acids is 1. The molecule has 0 bridgehead atoms. The fraction of sp³-hybridized carbons (Fsp3) is 0.556. The number of ketones is 1. The Morgan fingerprint density at radius 1 is 1.77 bits per heavy atom. The van der Waals surface area contributed by atoms with Gasteiger partial charge in [0.05, 0.1) is 6.54 Å². The van der Waals surface area contributed by atoms with Crippen LogP contribution in [0.5, 0.6) is 0 Å². The lowest BCUT2D eigenvalue weighted by atomic mass is 10.3. The molecule has 1 N–H and O–H groups in total. The van der Waals surface area contributed by atoms with Crippen LogP contribution in [-0.2, 0) is 7.05 Å². The quantitative estimate of drug-likeness (QED) is 0.679. The largest absolute Gasteiger partial charge is 0.307 e. The summed E-state index contributed by atoms with van der Waals surface area (Å²) in [6.07, 6.45) is 4.19. The van der Waals surface area contributed by atoms with Crippen LogP contribution in [0, 0.1) is 0 Å². The van der Waals surface area contributed by atoms with E-state index < -0.39 is 0 Å². The Hall–Kier alpha value is -1.16. The van der Waals surface area contributed by atoms with Gasteiger partial charge in [0.1, 0.15) is 5.69 Å². The molecule has 1 saturated carbocycles. The van der Waals surface area contributed by atoms with Gasteiger partial charge in [-0.2, -0.15) is 5.10 Å². The lowest BCUT2D eigenvalue weighted by Gasteiger charge is -1.98. The third kappa shape index (κ3) is 2.15. The predicted molar refractivity (Wildman–Crippen MR) is 48.6 cm³/mol. The van der Waals surface area contributed by atoms with Gasteiger partial charge in [-0.1, -0.05) is 0 Å². The number of rotatable bonds is 4. The Kier molecular flexibility index (Phi) is 2.14. The molecule has 4 nitrogen and oxygen atoms in total.